The zero-order chi connectivity index (χ0) is 17.8. The van der Waals surface area contributed by atoms with Crippen LogP contribution >= 0.6 is 0 Å². The van der Waals surface area contributed by atoms with Crippen molar-refractivity contribution in [2.75, 3.05) is 0 Å². The van der Waals surface area contributed by atoms with Crippen molar-refractivity contribution in [3.8, 4) is 23.0 Å². The summed E-state index contributed by atoms with van der Waals surface area (Å²) in [6.07, 6.45) is 3.10. The molecule has 4 rings (SSSR count). The lowest BCUT2D eigenvalue weighted by atomic mass is 10.2. The molecule has 6 heteroatoms. The normalized spacial score (nSPS) is 10.7. The lowest BCUT2D eigenvalue weighted by Crippen LogP contribution is -2.02. The number of pyridine rings is 2. The minimum Gasteiger partial charge on any atom is -0.472 e. The van der Waals surface area contributed by atoms with Gasteiger partial charge >= 0.3 is 0 Å². The van der Waals surface area contributed by atoms with Crippen LogP contribution in [-0.4, -0.2) is 19.7 Å². The highest BCUT2D eigenvalue weighted by molar-refractivity contribution is 5.62. The zero-order valence-corrected chi connectivity index (χ0v) is 13.8. The minimum atomic E-state index is -0.553. The van der Waals surface area contributed by atoms with Crippen LogP contribution in [0, 0.1) is 5.95 Å². The molecule has 128 valence electrons. The number of hydrogen-bond acceptors (Lipinski definition) is 4. The van der Waals surface area contributed by atoms with Crippen molar-refractivity contribution >= 4 is 0 Å². The summed E-state index contributed by atoms with van der Waals surface area (Å²) in [4.78, 5) is 7.93. The largest absolute Gasteiger partial charge is 0.472 e. The molecule has 0 aliphatic heterocycles. The molecular weight excluding hydrogens is 331 g/mol. The maximum absolute atomic E-state index is 13.6. The summed E-state index contributed by atoms with van der Waals surface area (Å²) in [6.45, 7) is 0.393. The van der Waals surface area contributed by atoms with Gasteiger partial charge in [0.2, 0.25) is 11.8 Å². The van der Waals surface area contributed by atoms with Crippen molar-refractivity contribution in [1.29, 1.82) is 0 Å². The molecule has 5 nitrogen and oxygen atoms in total. The highest BCUT2D eigenvalue weighted by atomic mass is 19.1. The third-order valence-electron chi connectivity index (χ3n) is 3.81. The fourth-order valence-electron chi connectivity index (χ4n) is 2.58. The summed E-state index contributed by atoms with van der Waals surface area (Å²) < 4.78 is 21.0. The van der Waals surface area contributed by atoms with Gasteiger partial charge in [0.1, 0.15) is 6.61 Å². The van der Waals surface area contributed by atoms with E-state index in [1.54, 1.807) is 23.0 Å². The maximum Gasteiger partial charge on any atom is 0.234 e. The van der Waals surface area contributed by atoms with Gasteiger partial charge in [0.05, 0.1) is 5.69 Å². The molecule has 26 heavy (non-hydrogen) atoms. The SMILES string of the molecule is Fc1cc(-c2cc(OCc3ccccc3)nn2-c2ccccn2)ccn1. The van der Waals surface area contributed by atoms with Crippen LogP contribution in [0.25, 0.3) is 17.1 Å². The van der Waals surface area contributed by atoms with E-state index in [0.29, 0.717) is 29.6 Å². The first kappa shape index (κ1) is 16.0. The van der Waals surface area contributed by atoms with E-state index in [1.165, 1.54) is 12.3 Å². The number of nitrogens with zero attached hydrogens (tertiary/aromatic N) is 4. The molecule has 0 fully saturated rings. The molecule has 3 aromatic heterocycles. The molecule has 0 aliphatic rings. The van der Waals surface area contributed by atoms with Crippen LogP contribution in [0.1, 0.15) is 5.56 Å². The predicted octanol–water partition coefficient (Wildman–Crippen LogP) is 4.05. The topological polar surface area (TPSA) is 52.8 Å². The van der Waals surface area contributed by atoms with Gasteiger partial charge in [0.15, 0.2) is 5.82 Å². The van der Waals surface area contributed by atoms with Crippen LogP contribution < -0.4 is 4.74 Å². The van der Waals surface area contributed by atoms with Crippen molar-refractivity contribution in [1.82, 2.24) is 19.7 Å². The van der Waals surface area contributed by atoms with E-state index in [-0.39, 0.29) is 0 Å². The average Bonchev–Trinajstić information content (AvgIpc) is 3.12. The maximum atomic E-state index is 13.6. The molecule has 0 aliphatic carbocycles. The summed E-state index contributed by atoms with van der Waals surface area (Å²) in [5.74, 6) is 0.504. The molecule has 0 unspecified atom stereocenters. The summed E-state index contributed by atoms with van der Waals surface area (Å²) in [5, 5.41) is 4.49. The molecule has 0 N–H and O–H groups in total. The summed E-state index contributed by atoms with van der Waals surface area (Å²) in [6, 6.07) is 20.2. The monoisotopic (exact) mass is 346 g/mol. The fourth-order valence-corrected chi connectivity index (χ4v) is 2.58. The quantitative estimate of drug-likeness (QED) is 0.512. The zero-order valence-electron chi connectivity index (χ0n) is 13.8. The highest BCUT2D eigenvalue weighted by Crippen LogP contribution is 2.26. The van der Waals surface area contributed by atoms with Gasteiger partial charge < -0.3 is 4.74 Å². The summed E-state index contributed by atoms with van der Waals surface area (Å²) >= 11 is 0. The Morgan fingerprint density at radius 3 is 2.50 bits per heavy atom. The Kier molecular flexibility index (Phi) is 4.38. The second-order valence-electron chi connectivity index (χ2n) is 5.61. The average molecular weight is 346 g/mol. The second-order valence-corrected chi connectivity index (χ2v) is 5.61. The van der Waals surface area contributed by atoms with Crippen molar-refractivity contribution in [3.05, 3.63) is 90.6 Å². The molecule has 1 aromatic carbocycles. The van der Waals surface area contributed by atoms with Crippen LogP contribution in [0.15, 0.2) is 79.1 Å². The molecule has 0 saturated heterocycles. The first-order valence-electron chi connectivity index (χ1n) is 8.10. The van der Waals surface area contributed by atoms with Crippen LogP contribution in [0.5, 0.6) is 5.88 Å². The number of ether oxygens (including phenoxy) is 1. The fraction of sp³-hybridized carbons (Fsp3) is 0.0500. The van der Waals surface area contributed by atoms with Gasteiger partial charge in [-0.2, -0.15) is 4.39 Å². The van der Waals surface area contributed by atoms with Crippen molar-refractivity contribution < 1.29 is 9.13 Å². The molecule has 0 amide bonds. The Bertz CT molecular complexity index is 1000. The Morgan fingerprint density at radius 1 is 0.885 bits per heavy atom. The second kappa shape index (κ2) is 7.14. The van der Waals surface area contributed by atoms with Gasteiger partial charge in [-0.05, 0) is 23.8 Å². The van der Waals surface area contributed by atoms with E-state index < -0.39 is 5.95 Å². The van der Waals surface area contributed by atoms with E-state index in [1.807, 2.05) is 48.5 Å². The first-order chi connectivity index (χ1) is 12.8. The van der Waals surface area contributed by atoms with Crippen LogP contribution in [0.4, 0.5) is 4.39 Å². The van der Waals surface area contributed by atoms with Gasteiger partial charge in [-0.25, -0.2) is 14.6 Å². The van der Waals surface area contributed by atoms with Gasteiger partial charge in [-0.15, -0.1) is 5.10 Å². The lowest BCUT2D eigenvalue weighted by Gasteiger charge is -2.05. The van der Waals surface area contributed by atoms with Crippen molar-refractivity contribution in [2.24, 2.45) is 0 Å². The molecule has 0 bridgehead atoms. The third-order valence-corrected chi connectivity index (χ3v) is 3.81. The van der Waals surface area contributed by atoms with E-state index in [2.05, 4.69) is 15.1 Å². The Balaban J connectivity index is 1.70. The number of hydrogen-bond donors (Lipinski definition) is 0. The smallest absolute Gasteiger partial charge is 0.234 e. The molecule has 0 radical (unpaired) electrons. The van der Waals surface area contributed by atoms with Crippen molar-refractivity contribution in [2.45, 2.75) is 6.61 Å². The van der Waals surface area contributed by atoms with E-state index in [0.717, 1.165) is 5.56 Å². The number of rotatable bonds is 5. The first-order valence-corrected chi connectivity index (χ1v) is 8.10. The van der Waals surface area contributed by atoms with Crippen LogP contribution in [0.3, 0.4) is 0 Å². The molecule has 4 aromatic rings. The molecular formula is C20H15FN4O. The highest BCUT2D eigenvalue weighted by Gasteiger charge is 2.14. The number of halogens is 1. The van der Waals surface area contributed by atoms with Crippen molar-refractivity contribution in [3.63, 3.8) is 0 Å². The number of benzene rings is 1. The van der Waals surface area contributed by atoms with Crippen LogP contribution in [0.2, 0.25) is 0 Å². The molecule has 3 heterocycles. The van der Waals surface area contributed by atoms with E-state index >= 15 is 0 Å². The van der Waals surface area contributed by atoms with E-state index in [9.17, 15) is 4.39 Å². The molecule has 0 saturated carbocycles. The summed E-state index contributed by atoms with van der Waals surface area (Å²) in [7, 11) is 0. The Morgan fingerprint density at radius 2 is 1.73 bits per heavy atom. The molecule has 0 spiro atoms. The van der Waals surface area contributed by atoms with E-state index in [4.69, 9.17) is 4.74 Å². The minimum absolute atomic E-state index is 0.393. The predicted molar refractivity (Wildman–Crippen MR) is 95.3 cm³/mol. The van der Waals surface area contributed by atoms with Gasteiger partial charge in [0.25, 0.3) is 0 Å². The Labute approximate surface area is 149 Å². The van der Waals surface area contributed by atoms with Crippen LogP contribution in [-0.2, 0) is 6.61 Å². The standard InChI is InChI=1S/C20H15FN4O/c21-18-12-16(9-11-22-18)17-13-20(26-14-15-6-2-1-3-7-15)24-25(17)19-8-4-5-10-23-19/h1-13H,14H2. The lowest BCUT2D eigenvalue weighted by molar-refractivity contribution is 0.292. The molecule has 0 atom stereocenters. The Hall–Kier alpha value is -3.54. The summed E-state index contributed by atoms with van der Waals surface area (Å²) in [5.41, 5.74) is 2.36. The van der Waals surface area contributed by atoms with Gasteiger partial charge in [0, 0.05) is 30.1 Å². The van der Waals surface area contributed by atoms with Gasteiger partial charge in [-0.1, -0.05) is 36.4 Å². The third kappa shape index (κ3) is 3.44. The number of aromatic nitrogens is 4. The van der Waals surface area contributed by atoms with Gasteiger partial charge in [-0.3, -0.25) is 0 Å².